The highest BCUT2D eigenvalue weighted by molar-refractivity contribution is 6.99. The van der Waals surface area contributed by atoms with E-state index in [1.165, 1.54) is 10.4 Å². The molecular formula is C41H42ClN5O3Si. The van der Waals surface area contributed by atoms with Crippen LogP contribution in [0.1, 0.15) is 61.3 Å². The minimum absolute atomic E-state index is 0.0512. The zero-order chi connectivity index (χ0) is 36.0. The average molecular weight is 716 g/mol. The molecule has 2 heterocycles. The maximum absolute atomic E-state index is 14.1. The molecule has 1 atom stereocenters. The first-order valence-corrected chi connectivity index (χ1v) is 19.5. The summed E-state index contributed by atoms with van der Waals surface area (Å²) >= 11 is 6.18. The highest BCUT2D eigenvalue weighted by atomic mass is 35.5. The second kappa shape index (κ2) is 15.5. The molecule has 4 aromatic carbocycles. The Labute approximate surface area is 306 Å². The lowest BCUT2D eigenvalue weighted by Gasteiger charge is -2.43. The summed E-state index contributed by atoms with van der Waals surface area (Å²) < 4.78 is 9.09. The normalized spacial score (nSPS) is 14.3. The number of nitriles is 1. The summed E-state index contributed by atoms with van der Waals surface area (Å²) in [6.45, 7) is 7.99. The molecule has 0 bridgehead atoms. The van der Waals surface area contributed by atoms with Gasteiger partial charge in [-0.1, -0.05) is 111 Å². The molecule has 0 spiro atoms. The molecule has 1 aromatic heterocycles. The summed E-state index contributed by atoms with van der Waals surface area (Å²) in [7, 11) is -2.73. The molecule has 1 fully saturated rings. The van der Waals surface area contributed by atoms with E-state index in [0.29, 0.717) is 54.5 Å². The number of piperazine rings is 1. The zero-order valence-corrected chi connectivity index (χ0v) is 31.0. The van der Waals surface area contributed by atoms with E-state index in [0.717, 1.165) is 5.56 Å². The third kappa shape index (κ3) is 7.54. The molecule has 1 aliphatic heterocycles. The number of hydrogen-bond donors (Lipinski definition) is 0. The number of benzene rings is 4. The number of amides is 2. The van der Waals surface area contributed by atoms with Gasteiger partial charge in [0.05, 0.1) is 30.2 Å². The average Bonchev–Trinajstić information content (AvgIpc) is 3.63. The third-order valence-electron chi connectivity index (χ3n) is 9.63. The van der Waals surface area contributed by atoms with Crippen LogP contribution in [0.5, 0.6) is 0 Å². The Morgan fingerprint density at radius 2 is 1.61 bits per heavy atom. The van der Waals surface area contributed by atoms with E-state index in [2.05, 4.69) is 80.4 Å². The zero-order valence-electron chi connectivity index (χ0n) is 29.2. The summed E-state index contributed by atoms with van der Waals surface area (Å²) in [6, 6.07) is 37.7. The van der Waals surface area contributed by atoms with Gasteiger partial charge in [-0.05, 0) is 64.1 Å². The summed E-state index contributed by atoms with van der Waals surface area (Å²) in [4.78, 5) is 35.0. The van der Waals surface area contributed by atoms with Crippen molar-refractivity contribution in [3.8, 4) is 6.07 Å². The molecule has 0 saturated carbocycles. The van der Waals surface area contributed by atoms with Gasteiger partial charge >= 0.3 is 0 Å². The van der Waals surface area contributed by atoms with E-state index in [4.69, 9.17) is 16.0 Å². The van der Waals surface area contributed by atoms with E-state index in [1.54, 1.807) is 46.6 Å². The maximum atomic E-state index is 14.1. The molecule has 6 rings (SSSR count). The van der Waals surface area contributed by atoms with Crippen LogP contribution >= 0.6 is 11.6 Å². The second-order valence-corrected chi connectivity index (χ2v) is 18.6. The number of carbonyl (C=O) groups excluding carboxylic acids is 2. The third-order valence-corrected chi connectivity index (χ3v) is 14.9. The Hall–Kier alpha value is -5.01. The molecule has 2 amide bonds. The number of rotatable bonds is 11. The largest absolute Gasteiger partial charge is 0.407 e. The predicted molar refractivity (Wildman–Crippen MR) is 204 cm³/mol. The topological polar surface area (TPSA) is 91.5 Å². The van der Waals surface area contributed by atoms with Crippen LogP contribution in [0.4, 0.5) is 5.69 Å². The molecule has 0 radical (unpaired) electrons. The molecule has 0 aliphatic carbocycles. The van der Waals surface area contributed by atoms with Crippen LogP contribution in [-0.4, -0.2) is 60.8 Å². The lowest BCUT2D eigenvalue weighted by Crippen LogP contribution is -2.66. The molecule has 8 nitrogen and oxygen atoms in total. The monoisotopic (exact) mass is 715 g/mol. The van der Waals surface area contributed by atoms with Crippen LogP contribution in [-0.2, 0) is 9.22 Å². The molecule has 1 unspecified atom stereocenters. The number of carbonyl (C=O) groups is 2. The number of aromatic nitrogens is 2. The van der Waals surface area contributed by atoms with Gasteiger partial charge in [0.15, 0.2) is 0 Å². The van der Waals surface area contributed by atoms with Crippen molar-refractivity contribution in [3.05, 3.63) is 144 Å². The van der Waals surface area contributed by atoms with Crippen molar-refractivity contribution in [3.63, 3.8) is 0 Å². The Morgan fingerprint density at radius 3 is 2.20 bits per heavy atom. The van der Waals surface area contributed by atoms with Crippen LogP contribution in [0, 0.1) is 11.3 Å². The van der Waals surface area contributed by atoms with E-state index < -0.39 is 8.32 Å². The second-order valence-electron chi connectivity index (χ2n) is 13.8. The van der Waals surface area contributed by atoms with Crippen molar-refractivity contribution < 1.29 is 14.0 Å². The molecule has 5 aromatic rings. The minimum Gasteiger partial charge on any atom is -0.407 e. The van der Waals surface area contributed by atoms with Crippen molar-refractivity contribution in [2.45, 2.75) is 44.7 Å². The number of anilines is 1. The van der Waals surface area contributed by atoms with Gasteiger partial charge in [0, 0.05) is 30.4 Å². The summed E-state index contributed by atoms with van der Waals surface area (Å²) in [5, 5.41) is 12.3. The molecule has 0 N–H and O–H groups in total. The summed E-state index contributed by atoms with van der Waals surface area (Å²) in [6.07, 6.45) is 4.62. The van der Waals surface area contributed by atoms with E-state index >= 15 is 0 Å². The predicted octanol–water partition coefficient (Wildman–Crippen LogP) is 6.84. The lowest BCUT2D eigenvalue weighted by atomic mass is 10.00. The Morgan fingerprint density at radius 1 is 0.941 bits per heavy atom. The van der Waals surface area contributed by atoms with Gasteiger partial charge in [-0.3, -0.25) is 9.59 Å². The smallest absolute Gasteiger partial charge is 0.272 e. The van der Waals surface area contributed by atoms with Crippen LogP contribution in [0.25, 0.3) is 0 Å². The van der Waals surface area contributed by atoms with Gasteiger partial charge in [0.2, 0.25) is 5.91 Å². The lowest BCUT2D eigenvalue weighted by molar-refractivity contribution is -0.120. The van der Waals surface area contributed by atoms with Gasteiger partial charge in [0.1, 0.15) is 12.2 Å². The molecule has 1 saturated heterocycles. The number of halogens is 1. The van der Waals surface area contributed by atoms with Gasteiger partial charge in [-0.2, -0.15) is 5.26 Å². The van der Waals surface area contributed by atoms with E-state index in [1.807, 2.05) is 41.0 Å². The van der Waals surface area contributed by atoms with Crippen LogP contribution in [0.15, 0.2) is 122 Å². The first-order chi connectivity index (χ1) is 24.6. The highest BCUT2D eigenvalue weighted by Gasteiger charge is 2.50. The van der Waals surface area contributed by atoms with Crippen LogP contribution < -0.4 is 15.3 Å². The standard InChI is InChI=1S/C41H42ClN5O3Si/c1-41(2,3)51(35-14-6-4-7-15-35,36-16-8-5-9-17-36)50-25-11-18-37(32-21-19-31(27-43)20-22-32)47-30-44-28-38(47)40(49)45-23-24-46(39(48)29-45)34-13-10-12-33(42)26-34/h4-10,12-17,19-22,26,28,30,37H,11,18,23-25,29H2,1-3H3. The summed E-state index contributed by atoms with van der Waals surface area (Å²) in [5.74, 6) is -0.430. The number of imidazole rings is 1. The Kier molecular flexibility index (Phi) is 10.9. The summed E-state index contributed by atoms with van der Waals surface area (Å²) in [5.41, 5.74) is 2.63. The van der Waals surface area contributed by atoms with E-state index in [-0.39, 0.29) is 29.4 Å². The Bertz CT molecular complexity index is 1970. The quantitative estimate of drug-likeness (QED) is 0.110. The number of hydrogen-bond acceptors (Lipinski definition) is 5. The highest BCUT2D eigenvalue weighted by Crippen LogP contribution is 2.37. The van der Waals surface area contributed by atoms with Crippen molar-refractivity contribution in [1.29, 1.82) is 5.26 Å². The fraction of sp³-hybridized carbons (Fsp3) is 0.268. The number of nitrogens with zero attached hydrogens (tertiary/aromatic N) is 5. The minimum atomic E-state index is -2.73. The first kappa shape index (κ1) is 35.8. The van der Waals surface area contributed by atoms with Crippen molar-refractivity contribution >= 4 is 47.8 Å². The van der Waals surface area contributed by atoms with Gasteiger partial charge in [-0.15, -0.1) is 0 Å². The maximum Gasteiger partial charge on any atom is 0.272 e. The van der Waals surface area contributed by atoms with Crippen LogP contribution in [0.3, 0.4) is 0 Å². The molecule has 260 valence electrons. The SMILES string of the molecule is CC(C)(C)[Si](OCCCC(c1ccc(C#N)cc1)n1cncc1C(=O)N1CCN(c2cccc(Cl)c2)C(=O)C1)(c1ccccc1)c1ccccc1. The molecule has 1 aliphatic rings. The molecular weight excluding hydrogens is 674 g/mol. The van der Waals surface area contributed by atoms with Gasteiger partial charge in [0.25, 0.3) is 14.2 Å². The van der Waals surface area contributed by atoms with Crippen molar-refractivity contribution in [2.75, 3.05) is 31.1 Å². The Balaban J connectivity index is 1.25. The fourth-order valence-electron chi connectivity index (χ4n) is 7.15. The van der Waals surface area contributed by atoms with Gasteiger partial charge < -0.3 is 18.8 Å². The first-order valence-electron chi connectivity index (χ1n) is 17.2. The van der Waals surface area contributed by atoms with Crippen molar-refractivity contribution in [1.82, 2.24) is 14.5 Å². The van der Waals surface area contributed by atoms with Crippen LogP contribution in [0.2, 0.25) is 10.1 Å². The fourth-order valence-corrected chi connectivity index (χ4v) is 11.9. The van der Waals surface area contributed by atoms with E-state index in [9.17, 15) is 14.9 Å². The molecule has 10 heteroatoms. The van der Waals surface area contributed by atoms with Crippen molar-refractivity contribution in [2.24, 2.45) is 0 Å². The molecule has 51 heavy (non-hydrogen) atoms. The van der Waals surface area contributed by atoms with Gasteiger partial charge in [-0.25, -0.2) is 4.98 Å².